The van der Waals surface area contributed by atoms with Crippen molar-refractivity contribution in [2.45, 2.75) is 58.0 Å². The number of rotatable bonds is 3. The van der Waals surface area contributed by atoms with Crippen molar-refractivity contribution in [3.8, 4) is 0 Å². The summed E-state index contributed by atoms with van der Waals surface area (Å²) < 4.78 is 83.8. The SMILES string of the molecule is CC(C)(C)OC(=O)N1CCC(Cc2cc(C(F)(F)F)cc(C(F)(F)F)c2)(C(=O)O)CC1. The number of likely N-dealkylation sites (tertiary alicyclic amines) is 1. The highest BCUT2D eigenvalue weighted by Gasteiger charge is 2.44. The van der Waals surface area contributed by atoms with E-state index in [-0.39, 0.29) is 37.6 Å². The van der Waals surface area contributed by atoms with E-state index in [1.165, 1.54) is 4.90 Å². The van der Waals surface area contributed by atoms with E-state index >= 15 is 0 Å². The van der Waals surface area contributed by atoms with Crippen LogP contribution in [0.15, 0.2) is 18.2 Å². The van der Waals surface area contributed by atoms with Crippen molar-refractivity contribution in [3.63, 3.8) is 0 Å². The topological polar surface area (TPSA) is 66.8 Å². The molecule has 11 heteroatoms. The van der Waals surface area contributed by atoms with E-state index in [0.29, 0.717) is 12.1 Å². The molecule has 1 amide bonds. The number of carbonyl (C=O) groups is 2. The quantitative estimate of drug-likeness (QED) is 0.623. The Bertz CT molecular complexity index is 801. The Balaban J connectivity index is 2.30. The maximum absolute atomic E-state index is 13.1. The van der Waals surface area contributed by atoms with Crippen molar-refractivity contribution in [1.29, 1.82) is 0 Å². The molecule has 0 atom stereocenters. The molecule has 1 aliphatic heterocycles. The first-order chi connectivity index (χ1) is 13.9. The number of benzene rings is 1. The molecule has 0 spiro atoms. The van der Waals surface area contributed by atoms with Crippen molar-refractivity contribution < 1.29 is 45.8 Å². The van der Waals surface area contributed by atoms with Crippen LogP contribution in [0.1, 0.15) is 50.3 Å². The van der Waals surface area contributed by atoms with Gasteiger partial charge in [-0.25, -0.2) is 4.79 Å². The van der Waals surface area contributed by atoms with Gasteiger partial charge in [-0.3, -0.25) is 4.79 Å². The van der Waals surface area contributed by atoms with Gasteiger partial charge in [-0.2, -0.15) is 26.3 Å². The molecular weight excluding hydrogens is 432 g/mol. The zero-order chi connectivity index (χ0) is 23.8. The highest BCUT2D eigenvalue weighted by Crippen LogP contribution is 2.40. The average Bonchev–Trinajstić information content (AvgIpc) is 2.59. The Morgan fingerprint density at radius 3 is 1.77 bits per heavy atom. The minimum atomic E-state index is -5.02. The van der Waals surface area contributed by atoms with Gasteiger partial charge < -0.3 is 14.7 Å². The third-order valence-electron chi connectivity index (χ3n) is 5.02. The normalized spacial score (nSPS) is 17.4. The van der Waals surface area contributed by atoms with Gasteiger partial charge in [0.1, 0.15) is 5.60 Å². The highest BCUT2D eigenvalue weighted by molar-refractivity contribution is 5.76. The summed E-state index contributed by atoms with van der Waals surface area (Å²) in [6.07, 6.45) is -11.5. The standard InChI is InChI=1S/C20H23F6NO4/c1-17(2,3)31-16(30)27-6-4-18(5-7-27,15(28)29)11-12-8-13(19(21,22)23)10-14(9-12)20(24,25)26/h8-10H,4-7,11H2,1-3H3,(H,28,29). The Labute approximate surface area is 175 Å². The number of piperidine rings is 1. The molecule has 2 rings (SSSR count). The van der Waals surface area contributed by atoms with E-state index in [1.807, 2.05) is 0 Å². The summed E-state index contributed by atoms with van der Waals surface area (Å²) in [4.78, 5) is 25.4. The number of alkyl halides is 6. The third-order valence-corrected chi connectivity index (χ3v) is 5.02. The Hall–Kier alpha value is -2.46. The molecule has 0 aromatic heterocycles. The van der Waals surface area contributed by atoms with Gasteiger partial charge in [0.05, 0.1) is 16.5 Å². The molecule has 0 aliphatic carbocycles. The Morgan fingerprint density at radius 1 is 0.968 bits per heavy atom. The number of amides is 1. The molecule has 1 aliphatic rings. The van der Waals surface area contributed by atoms with E-state index in [1.54, 1.807) is 20.8 Å². The van der Waals surface area contributed by atoms with Gasteiger partial charge in [0.2, 0.25) is 0 Å². The molecule has 0 radical (unpaired) electrons. The fourth-order valence-electron chi connectivity index (χ4n) is 3.42. The number of carboxylic acid groups (broad SMARTS) is 1. The van der Waals surface area contributed by atoms with Crippen LogP contribution in [0, 0.1) is 5.41 Å². The number of aliphatic carboxylic acids is 1. The summed E-state index contributed by atoms with van der Waals surface area (Å²) in [5, 5.41) is 9.74. The zero-order valence-electron chi connectivity index (χ0n) is 17.2. The van der Waals surface area contributed by atoms with E-state index in [4.69, 9.17) is 4.74 Å². The lowest BCUT2D eigenvalue weighted by Gasteiger charge is -2.39. The number of ether oxygens (including phenoxy) is 1. The van der Waals surface area contributed by atoms with Crippen molar-refractivity contribution in [2.24, 2.45) is 5.41 Å². The van der Waals surface area contributed by atoms with Crippen LogP contribution in [-0.4, -0.2) is 40.8 Å². The van der Waals surface area contributed by atoms with E-state index in [9.17, 15) is 41.0 Å². The molecule has 1 fully saturated rings. The summed E-state index contributed by atoms with van der Waals surface area (Å²) >= 11 is 0. The molecule has 1 N–H and O–H groups in total. The Kier molecular flexibility index (Phi) is 6.59. The zero-order valence-corrected chi connectivity index (χ0v) is 17.2. The lowest BCUT2D eigenvalue weighted by molar-refractivity contribution is -0.152. The first-order valence-corrected chi connectivity index (χ1v) is 9.43. The fourth-order valence-corrected chi connectivity index (χ4v) is 3.42. The van der Waals surface area contributed by atoms with Crippen LogP contribution in [0.4, 0.5) is 31.1 Å². The second-order valence-corrected chi connectivity index (χ2v) is 8.64. The summed E-state index contributed by atoms with van der Waals surface area (Å²) in [5.74, 6) is -1.35. The number of nitrogens with zero attached hydrogens (tertiary/aromatic N) is 1. The van der Waals surface area contributed by atoms with Gasteiger partial charge in [-0.05, 0) is 63.8 Å². The van der Waals surface area contributed by atoms with Crippen LogP contribution >= 0.6 is 0 Å². The second-order valence-electron chi connectivity index (χ2n) is 8.64. The van der Waals surface area contributed by atoms with Crippen LogP contribution in [0.2, 0.25) is 0 Å². The minimum Gasteiger partial charge on any atom is -0.481 e. The molecule has 1 aromatic carbocycles. The van der Waals surface area contributed by atoms with Crippen LogP contribution in [0.25, 0.3) is 0 Å². The van der Waals surface area contributed by atoms with Crippen LogP contribution in [0.5, 0.6) is 0 Å². The summed E-state index contributed by atoms with van der Waals surface area (Å²) in [7, 11) is 0. The molecule has 1 heterocycles. The van der Waals surface area contributed by atoms with Gasteiger partial charge in [-0.15, -0.1) is 0 Å². The lowest BCUT2D eigenvalue weighted by Crippen LogP contribution is -2.48. The van der Waals surface area contributed by atoms with Crippen molar-refractivity contribution >= 4 is 12.1 Å². The largest absolute Gasteiger partial charge is 0.481 e. The second kappa shape index (κ2) is 8.23. The number of hydrogen-bond acceptors (Lipinski definition) is 3. The van der Waals surface area contributed by atoms with Gasteiger partial charge in [0.25, 0.3) is 0 Å². The predicted octanol–water partition coefficient (Wildman–Crippen LogP) is 5.37. The molecule has 0 unspecified atom stereocenters. The maximum atomic E-state index is 13.1. The number of hydrogen-bond donors (Lipinski definition) is 1. The monoisotopic (exact) mass is 455 g/mol. The fraction of sp³-hybridized carbons (Fsp3) is 0.600. The first-order valence-electron chi connectivity index (χ1n) is 9.43. The summed E-state index contributed by atoms with van der Waals surface area (Å²) in [6, 6.07) is 1.09. The number of carboxylic acids is 1. The van der Waals surface area contributed by atoms with E-state index < -0.39 is 53.0 Å². The van der Waals surface area contributed by atoms with Gasteiger partial charge in [-0.1, -0.05) is 0 Å². The summed E-state index contributed by atoms with van der Waals surface area (Å²) in [5.41, 5.74) is -5.75. The number of carbonyl (C=O) groups excluding carboxylic acids is 1. The van der Waals surface area contributed by atoms with Gasteiger partial charge in [0, 0.05) is 13.1 Å². The molecule has 1 saturated heterocycles. The van der Waals surface area contributed by atoms with Crippen LogP contribution in [0.3, 0.4) is 0 Å². The van der Waals surface area contributed by atoms with E-state index in [2.05, 4.69) is 0 Å². The molecular formula is C20H23F6NO4. The first kappa shape index (κ1) is 24.8. The summed E-state index contributed by atoms with van der Waals surface area (Å²) in [6.45, 7) is 4.87. The number of halogens is 6. The molecule has 0 saturated carbocycles. The van der Waals surface area contributed by atoms with Gasteiger partial charge >= 0.3 is 24.4 Å². The Morgan fingerprint density at radius 2 is 1.42 bits per heavy atom. The van der Waals surface area contributed by atoms with Crippen LogP contribution in [-0.2, 0) is 28.3 Å². The molecule has 174 valence electrons. The lowest BCUT2D eigenvalue weighted by atomic mass is 9.73. The molecule has 31 heavy (non-hydrogen) atoms. The van der Waals surface area contributed by atoms with E-state index in [0.717, 1.165) is 0 Å². The third kappa shape index (κ3) is 6.27. The highest BCUT2D eigenvalue weighted by atomic mass is 19.4. The molecule has 1 aromatic rings. The van der Waals surface area contributed by atoms with Crippen molar-refractivity contribution in [1.82, 2.24) is 4.90 Å². The van der Waals surface area contributed by atoms with Gasteiger partial charge in [0.15, 0.2) is 0 Å². The van der Waals surface area contributed by atoms with Crippen molar-refractivity contribution in [3.05, 3.63) is 34.9 Å². The smallest absolute Gasteiger partial charge is 0.416 e. The van der Waals surface area contributed by atoms with Crippen molar-refractivity contribution in [2.75, 3.05) is 13.1 Å². The average molecular weight is 455 g/mol. The molecule has 0 bridgehead atoms. The minimum absolute atomic E-state index is 0.00203. The molecule has 5 nitrogen and oxygen atoms in total. The predicted molar refractivity (Wildman–Crippen MR) is 97.3 cm³/mol. The maximum Gasteiger partial charge on any atom is 0.416 e. The van der Waals surface area contributed by atoms with Crippen LogP contribution < -0.4 is 0 Å².